The van der Waals surface area contributed by atoms with Gasteiger partial charge in [-0.25, -0.2) is 14.8 Å². The van der Waals surface area contributed by atoms with Crippen molar-refractivity contribution in [3.63, 3.8) is 0 Å². The molecule has 130 valence electrons. The minimum atomic E-state index is -0.828. The molecular weight excluding hydrogens is 342 g/mol. The Morgan fingerprint density at radius 1 is 1.33 bits per heavy atom. The van der Waals surface area contributed by atoms with Crippen molar-refractivity contribution in [2.75, 3.05) is 11.6 Å². The normalized spacial score (nSPS) is 15.5. The number of rotatable bonds is 6. The first kappa shape index (κ1) is 17.5. The van der Waals surface area contributed by atoms with Gasteiger partial charge in [0.25, 0.3) is 0 Å². The number of thioether (sulfide) groups is 1. The number of carboxylic acid groups (broad SMARTS) is 1. The van der Waals surface area contributed by atoms with Crippen LogP contribution in [0.5, 0.6) is 0 Å². The van der Waals surface area contributed by atoms with Gasteiger partial charge in [0.05, 0.1) is 5.39 Å². The molecule has 1 unspecified atom stereocenters. The highest BCUT2D eigenvalue weighted by Crippen LogP contribution is 2.39. The number of aromatic nitrogens is 2. The maximum Gasteiger partial charge on any atom is 0.326 e. The fourth-order valence-corrected chi connectivity index (χ4v) is 4.88. The summed E-state index contributed by atoms with van der Waals surface area (Å²) in [6, 6.07) is -0.628. The van der Waals surface area contributed by atoms with Gasteiger partial charge in [-0.1, -0.05) is 25.6 Å². The van der Waals surface area contributed by atoms with E-state index in [0.29, 0.717) is 23.3 Å². The molecule has 2 aromatic heterocycles. The molecule has 2 heterocycles. The largest absolute Gasteiger partial charge is 0.480 e. The average Bonchev–Trinajstić information content (AvgIpc) is 2.91. The molecule has 1 aliphatic carbocycles. The predicted molar refractivity (Wildman–Crippen MR) is 100 cm³/mol. The molecule has 0 bridgehead atoms. The minimum absolute atomic E-state index is 0.298. The van der Waals surface area contributed by atoms with Crippen LogP contribution in [-0.4, -0.2) is 33.3 Å². The fourth-order valence-electron chi connectivity index (χ4n) is 3.19. The van der Waals surface area contributed by atoms with E-state index >= 15 is 0 Å². The molecule has 0 aliphatic heterocycles. The van der Waals surface area contributed by atoms with Crippen LogP contribution in [0.2, 0.25) is 0 Å². The number of thiophene rings is 1. The first-order valence-corrected chi connectivity index (χ1v) is 10.4. The summed E-state index contributed by atoms with van der Waals surface area (Å²) >= 11 is 3.23. The van der Waals surface area contributed by atoms with Gasteiger partial charge in [-0.15, -0.1) is 11.3 Å². The van der Waals surface area contributed by atoms with Crippen LogP contribution in [0.4, 0.5) is 5.82 Å². The number of hydrogen-bond donors (Lipinski definition) is 2. The standard InChI is InChI=1S/C17H23N3O2S2/c1-9(2)8-11(16(21)22)18-14-13-10-6-4-5-7-12(10)24-15(13)20-17(19-14)23-3/h9,11H,4-8H2,1-3H3,(H,21,22)(H,18,19,20). The van der Waals surface area contributed by atoms with Crippen LogP contribution < -0.4 is 5.32 Å². The van der Waals surface area contributed by atoms with Crippen molar-refractivity contribution in [3.05, 3.63) is 10.4 Å². The Labute approximate surface area is 150 Å². The first-order valence-electron chi connectivity index (χ1n) is 8.35. The molecule has 24 heavy (non-hydrogen) atoms. The molecule has 3 rings (SSSR count). The summed E-state index contributed by atoms with van der Waals surface area (Å²) in [4.78, 5) is 23.3. The van der Waals surface area contributed by atoms with E-state index < -0.39 is 12.0 Å². The molecule has 0 fully saturated rings. The van der Waals surface area contributed by atoms with Crippen molar-refractivity contribution in [1.82, 2.24) is 9.97 Å². The van der Waals surface area contributed by atoms with Crippen LogP contribution in [0.1, 0.15) is 43.6 Å². The smallest absolute Gasteiger partial charge is 0.326 e. The fraction of sp³-hybridized carbons (Fsp3) is 0.588. The molecule has 1 aliphatic rings. The Kier molecular flexibility index (Phi) is 5.30. The summed E-state index contributed by atoms with van der Waals surface area (Å²) in [5.74, 6) is 0.161. The maximum atomic E-state index is 11.6. The molecule has 0 aromatic carbocycles. The van der Waals surface area contributed by atoms with Crippen molar-refractivity contribution < 1.29 is 9.90 Å². The molecule has 1 atom stereocenters. The van der Waals surface area contributed by atoms with Crippen molar-refractivity contribution >= 4 is 45.1 Å². The third-order valence-electron chi connectivity index (χ3n) is 4.29. The number of nitrogens with zero attached hydrogens (tertiary/aromatic N) is 2. The molecule has 0 saturated carbocycles. The predicted octanol–water partition coefficient (Wildman–Crippen LogP) is 4.20. The van der Waals surface area contributed by atoms with Crippen LogP contribution in [0, 0.1) is 5.92 Å². The summed E-state index contributed by atoms with van der Waals surface area (Å²) in [5, 5.41) is 14.5. The van der Waals surface area contributed by atoms with Gasteiger partial charge in [-0.05, 0) is 49.8 Å². The molecule has 2 N–H and O–H groups in total. The Morgan fingerprint density at radius 3 is 2.75 bits per heavy atom. The highest BCUT2D eigenvalue weighted by Gasteiger charge is 2.25. The van der Waals surface area contributed by atoms with Crippen molar-refractivity contribution in [1.29, 1.82) is 0 Å². The highest BCUT2D eigenvalue weighted by atomic mass is 32.2. The third kappa shape index (κ3) is 3.52. The molecule has 7 heteroatoms. The van der Waals surface area contributed by atoms with E-state index in [2.05, 4.69) is 15.3 Å². The lowest BCUT2D eigenvalue weighted by atomic mass is 9.97. The molecule has 0 radical (unpaired) electrons. The SMILES string of the molecule is CSc1nc(NC(CC(C)C)C(=O)O)c2c3c(sc2n1)CCCC3. The third-order valence-corrected chi connectivity index (χ3v) is 6.03. The Bertz CT molecular complexity index is 758. The number of fused-ring (bicyclic) bond motifs is 3. The summed E-state index contributed by atoms with van der Waals surface area (Å²) in [6.45, 7) is 4.07. The van der Waals surface area contributed by atoms with E-state index in [1.807, 2.05) is 20.1 Å². The number of aryl methyl sites for hydroxylation is 2. The van der Waals surface area contributed by atoms with Crippen LogP contribution in [0.25, 0.3) is 10.2 Å². The summed E-state index contributed by atoms with van der Waals surface area (Å²) < 4.78 is 0. The van der Waals surface area contributed by atoms with E-state index in [4.69, 9.17) is 0 Å². The van der Waals surface area contributed by atoms with Gasteiger partial charge in [0.15, 0.2) is 5.16 Å². The number of aliphatic carboxylic acids is 1. The second-order valence-electron chi connectivity index (χ2n) is 6.61. The minimum Gasteiger partial charge on any atom is -0.480 e. The van der Waals surface area contributed by atoms with Gasteiger partial charge in [-0.2, -0.15) is 0 Å². The van der Waals surface area contributed by atoms with Gasteiger partial charge in [0.1, 0.15) is 16.7 Å². The lowest BCUT2D eigenvalue weighted by Gasteiger charge is -2.19. The average molecular weight is 366 g/mol. The number of hydrogen-bond acceptors (Lipinski definition) is 6. The Morgan fingerprint density at radius 2 is 2.08 bits per heavy atom. The van der Waals surface area contributed by atoms with E-state index in [1.165, 1.54) is 35.0 Å². The molecule has 0 saturated heterocycles. The van der Waals surface area contributed by atoms with Gasteiger partial charge in [0.2, 0.25) is 0 Å². The Balaban J connectivity index is 2.07. The van der Waals surface area contributed by atoms with Gasteiger partial charge in [-0.3, -0.25) is 0 Å². The zero-order valence-corrected chi connectivity index (χ0v) is 15.9. The van der Waals surface area contributed by atoms with Gasteiger partial charge < -0.3 is 10.4 Å². The maximum absolute atomic E-state index is 11.6. The number of carboxylic acids is 1. The highest BCUT2D eigenvalue weighted by molar-refractivity contribution is 7.98. The molecule has 2 aromatic rings. The summed E-state index contributed by atoms with van der Waals surface area (Å²) in [7, 11) is 0. The second kappa shape index (κ2) is 7.27. The number of nitrogens with one attached hydrogen (secondary N) is 1. The zero-order valence-electron chi connectivity index (χ0n) is 14.3. The summed E-state index contributed by atoms with van der Waals surface area (Å²) in [6.07, 6.45) is 7.04. The van der Waals surface area contributed by atoms with Crippen LogP contribution in [-0.2, 0) is 17.6 Å². The van der Waals surface area contributed by atoms with Crippen molar-refractivity contribution in [2.24, 2.45) is 5.92 Å². The lowest BCUT2D eigenvalue weighted by Crippen LogP contribution is -2.31. The van der Waals surface area contributed by atoms with Gasteiger partial charge in [0, 0.05) is 4.88 Å². The van der Waals surface area contributed by atoms with E-state index in [0.717, 1.165) is 23.1 Å². The molecule has 0 spiro atoms. The monoisotopic (exact) mass is 365 g/mol. The topological polar surface area (TPSA) is 75.1 Å². The van der Waals surface area contributed by atoms with E-state index in [9.17, 15) is 9.90 Å². The van der Waals surface area contributed by atoms with Crippen molar-refractivity contribution in [2.45, 2.75) is 57.1 Å². The van der Waals surface area contributed by atoms with Crippen LogP contribution in [0.15, 0.2) is 5.16 Å². The second-order valence-corrected chi connectivity index (χ2v) is 8.47. The number of carbonyl (C=O) groups is 1. The van der Waals surface area contributed by atoms with Crippen LogP contribution >= 0.6 is 23.1 Å². The van der Waals surface area contributed by atoms with Crippen molar-refractivity contribution in [3.8, 4) is 0 Å². The molecule has 5 nitrogen and oxygen atoms in total. The number of anilines is 1. The first-order chi connectivity index (χ1) is 11.5. The van der Waals surface area contributed by atoms with Crippen LogP contribution in [0.3, 0.4) is 0 Å². The summed E-state index contributed by atoms with van der Waals surface area (Å²) in [5.41, 5.74) is 1.32. The lowest BCUT2D eigenvalue weighted by molar-refractivity contribution is -0.138. The molecule has 0 amide bonds. The van der Waals surface area contributed by atoms with E-state index in [-0.39, 0.29) is 0 Å². The zero-order chi connectivity index (χ0) is 17.3. The molecular formula is C17H23N3O2S2. The quantitative estimate of drug-likeness (QED) is 0.590. The van der Waals surface area contributed by atoms with Gasteiger partial charge >= 0.3 is 5.97 Å². The van der Waals surface area contributed by atoms with E-state index in [1.54, 1.807) is 11.3 Å². The Hall–Kier alpha value is -1.34.